The van der Waals surface area contributed by atoms with Crippen LogP contribution < -0.4 is 5.63 Å². The van der Waals surface area contributed by atoms with Crippen molar-refractivity contribution in [2.75, 3.05) is 7.11 Å². The van der Waals surface area contributed by atoms with Gasteiger partial charge in [0.05, 0.1) is 7.11 Å². The first-order valence-electron chi connectivity index (χ1n) is 4.87. The fraction of sp³-hybridized carbons (Fsp3) is 0.167. The number of alkyl halides is 1. The molecule has 0 fully saturated rings. The third kappa shape index (κ3) is 2.24. The molecule has 0 aliphatic rings. The van der Waals surface area contributed by atoms with Gasteiger partial charge in [-0.2, -0.15) is 0 Å². The summed E-state index contributed by atoms with van der Waals surface area (Å²) >= 11 is 3.32. The average molecular weight is 297 g/mol. The van der Waals surface area contributed by atoms with Gasteiger partial charge in [0.1, 0.15) is 11.1 Å². The molecule has 17 heavy (non-hydrogen) atoms. The maximum Gasteiger partial charge on any atom is 0.351 e. The highest BCUT2D eigenvalue weighted by atomic mass is 79.9. The van der Waals surface area contributed by atoms with E-state index in [1.165, 1.54) is 13.2 Å². The van der Waals surface area contributed by atoms with Crippen LogP contribution in [0.2, 0.25) is 0 Å². The van der Waals surface area contributed by atoms with Gasteiger partial charge in [0.15, 0.2) is 0 Å². The molecule has 0 saturated carbocycles. The molecule has 1 heterocycles. The monoisotopic (exact) mass is 296 g/mol. The first-order chi connectivity index (χ1) is 8.15. The summed E-state index contributed by atoms with van der Waals surface area (Å²) in [6.45, 7) is 0. The van der Waals surface area contributed by atoms with Crippen molar-refractivity contribution in [3.8, 4) is 0 Å². The molecule has 0 N–H and O–H groups in total. The predicted octanol–water partition coefficient (Wildman–Crippen LogP) is 2.47. The lowest BCUT2D eigenvalue weighted by molar-refractivity contribution is 0.0596. The number of methoxy groups -OCH3 is 1. The fourth-order valence-corrected chi connectivity index (χ4v) is 1.84. The van der Waals surface area contributed by atoms with Crippen molar-refractivity contribution in [2.24, 2.45) is 0 Å². The van der Waals surface area contributed by atoms with Crippen molar-refractivity contribution in [2.45, 2.75) is 5.33 Å². The zero-order valence-electron chi connectivity index (χ0n) is 9.03. The molecule has 0 aliphatic heterocycles. The Morgan fingerprint density at radius 1 is 1.41 bits per heavy atom. The van der Waals surface area contributed by atoms with Crippen LogP contribution in [-0.2, 0) is 10.1 Å². The highest BCUT2D eigenvalue weighted by Gasteiger charge is 2.13. The Balaban J connectivity index is 2.66. The first-order valence-corrected chi connectivity index (χ1v) is 5.99. The van der Waals surface area contributed by atoms with Gasteiger partial charge in [-0.15, -0.1) is 0 Å². The van der Waals surface area contributed by atoms with Crippen LogP contribution in [-0.4, -0.2) is 13.1 Å². The third-order valence-corrected chi connectivity index (χ3v) is 3.01. The van der Waals surface area contributed by atoms with E-state index in [0.29, 0.717) is 16.3 Å². The van der Waals surface area contributed by atoms with Crippen LogP contribution in [0.25, 0.3) is 11.0 Å². The SMILES string of the molecule is COC(=O)c1cc2ccc(CBr)cc2oc1=O. The van der Waals surface area contributed by atoms with E-state index in [9.17, 15) is 9.59 Å². The number of ether oxygens (including phenoxy) is 1. The molecule has 88 valence electrons. The number of hydrogen-bond donors (Lipinski definition) is 0. The van der Waals surface area contributed by atoms with Gasteiger partial charge in [0.2, 0.25) is 0 Å². The van der Waals surface area contributed by atoms with E-state index in [2.05, 4.69) is 20.7 Å². The molecule has 4 nitrogen and oxygen atoms in total. The molecule has 0 amide bonds. The minimum absolute atomic E-state index is 0.0911. The zero-order chi connectivity index (χ0) is 12.4. The van der Waals surface area contributed by atoms with Crippen molar-refractivity contribution < 1.29 is 13.9 Å². The second-order valence-electron chi connectivity index (χ2n) is 3.44. The first kappa shape index (κ1) is 11.9. The van der Waals surface area contributed by atoms with E-state index in [0.717, 1.165) is 5.56 Å². The Morgan fingerprint density at radius 2 is 2.18 bits per heavy atom. The van der Waals surface area contributed by atoms with Crippen molar-refractivity contribution in [3.05, 3.63) is 45.8 Å². The molecule has 0 bridgehead atoms. The summed E-state index contributed by atoms with van der Waals surface area (Å²) in [5, 5.41) is 1.36. The van der Waals surface area contributed by atoms with Gasteiger partial charge in [-0.05, 0) is 17.7 Å². The zero-order valence-corrected chi connectivity index (χ0v) is 10.6. The summed E-state index contributed by atoms with van der Waals surface area (Å²) in [6.07, 6.45) is 0. The third-order valence-electron chi connectivity index (χ3n) is 2.36. The second kappa shape index (κ2) is 4.71. The largest absolute Gasteiger partial charge is 0.465 e. The molecular weight excluding hydrogens is 288 g/mol. The van der Waals surface area contributed by atoms with Gasteiger partial charge in [0, 0.05) is 10.7 Å². The molecule has 2 rings (SSSR count). The van der Waals surface area contributed by atoms with Crippen LogP contribution in [0.4, 0.5) is 0 Å². The van der Waals surface area contributed by atoms with Crippen molar-refractivity contribution >= 4 is 32.9 Å². The average Bonchev–Trinajstić information content (AvgIpc) is 2.36. The van der Waals surface area contributed by atoms with Crippen molar-refractivity contribution in [1.29, 1.82) is 0 Å². The van der Waals surface area contributed by atoms with Gasteiger partial charge in [0.25, 0.3) is 0 Å². The normalized spacial score (nSPS) is 10.5. The van der Waals surface area contributed by atoms with Crippen LogP contribution in [0, 0.1) is 0 Å². The second-order valence-corrected chi connectivity index (χ2v) is 4.01. The molecule has 1 aromatic carbocycles. The molecule has 0 spiro atoms. The number of halogens is 1. The summed E-state index contributed by atoms with van der Waals surface area (Å²) in [5.41, 5.74) is 0.675. The van der Waals surface area contributed by atoms with Gasteiger partial charge in [-0.1, -0.05) is 28.1 Å². The van der Waals surface area contributed by atoms with E-state index in [1.807, 2.05) is 6.07 Å². The Bertz CT molecular complexity index is 630. The van der Waals surface area contributed by atoms with Crippen LogP contribution in [0.5, 0.6) is 0 Å². The number of carbonyl (C=O) groups is 1. The summed E-state index contributed by atoms with van der Waals surface area (Å²) < 4.78 is 9.59. The van der Waals surface area contributed by atoms with Crippen LogP contribution in [0.15, 0.2) is 33.5 Å². The van der Waals surface area contributed by atoms with Gasteiger partial charge < -0.3 is 9.15 Å². The molecule has 1 aromatic heterocycles. The molecular formula is C12H9BrO4. The summed E-state index contributed by atoms with van der Waals surface area (Å²) in [6, 6.07) is 6.91. The van der Waals surface area contributed by atoms with Gasteiger partial charge in [-0.25, -0.2) is 9.59 Å². The number of hydrogen-bond acceptors (Lipinski definition) is 4. The number of fused-ring (bicyclic) bond motifs is 1. The van der Waals surface area contributed by atoms with E-state index >= 15 is 0 Å². The van der Waals surface area contributed by atoms with E-state index in [-0.39, 0.29) is 5.56 Å². The fourth-order valence-electron chi connectivity index (χ4n) is 1.49. The number of rotatable bonds is 2. The smallest absolute Gasteiger partial charge is 0.351 e. The molecule has 0 aliphatic carbocycles. The van der Waals surface area contributed by atoms with Gasteiger partial charge in [-0.3, -0.25) is 0 Å². The Kier molecular flexibility index (Phi) is 3.28. The molecule has 2 aromatic rings. The summed E-state index contributed by atoms with van der Waals surface area (Å²) in [7, 11) is 1.22. The lowest BCUT2D eigenvalue weighted by Gasteiger charge is -2.02. The lowest BCUT2D eigenvalue weighted by Crippen LogP contribution is -2.14. The number of benzene rings is 1. The van der Waals surface area contributed by atoms with E-state index in [4.69, 9.17) is 4.42 Å². The number of carbonyl (C=O) groups excluding carboxylic acids is 1. The Morgan fingerprint density at radius 3 is 2.82 bits per heavy atom. The summed E-state index contributed by atoms with van der Waals surface area (Å²) in [4.78, 5) is 22.9. The van der Waals surface area contributed by atoms with Crippen LogP contribution in [0.1, 0.15) is 15.9 Å². The maximum absolute atomic E-state index is 11.6. The highest BCUT2D eigenvalue weighted by molar-refractivity contribution is 9.08. The maximum atomic E-state index is 11.6. The predicted molar refractivity (Wildman–Crippen MR) is 66.5 cm³/mol. The quantitative estimate of drug-likeness (QED) is 0.485. The van der Waals surface area contributed by atoms with Crippen LogP contribution in [0.3, 0.4) is 0 Å². The lowest BCUT2D eigenvalue weighted by atomic mass is 10.1. The molecule has 0 unspecified atom stereocenters. The van der Waals surface area contributed by atoms with Crippen molar-refractivity contribution in [1.82, 2.24) is 0 Å². The van der Waals surface area contributed by atoms with E-state index in [1.54, 1.807) is 12.1 Å². The molecule has 0 saturated heterocycles. The molecule has 5 heteroatoms. The minimum atomic E-state index is -0.690. The van der Waals surface area contributed by atoms with E-state index < -0.39 is 11.6 Å². The Labute approximate surface area is 105 Å². The van der Waals surface area contributed by atoms with Crippen LogP contribution >= 0.6 is 15.9 Å². The standard InChI is InChI=1S/C12H9BrO4/c1-16-11(14)9-5-8-3-2-7(6-13)4-10(8)17-12(9)15/h2-5H,6H2,1H3. The minimum Gasteiger partial charge on any atom is -0.465 e. The van der Waals surface area contributed by atoms with Crippen molar-refractivity contribution in [3.63, 3.8) is 0 Å². The Hall–Kier alpha value is -1.62. The molecule has 0 atom stereocenters. The van der Waals surface area contributed by atoms with Gasteiger partial charge >= 0.3 is 11.6 Å². The topological polar surface area (TPSA) is 56.5 Å². The number of esters is 1. The highest BCUT2D eigenvalue weighted by Crippen LogP contribution is 2.17. The summed E-state index contributed by atoms with van der Waals surface area (Å²) in [5.74, 6) is -0.690. The molecule has 0 radical (unpaired) electrons.